The Balaban J connectivity index is 1.35. The Morgan fingerprint density at radius 1 is 1.11 bits per heavy atom. The number of carbonyl (C=O) groups is 1. The fourth-order valence-electron chi connectivity index (χ4n) is 5.59. The molecule has 6 nitrogen and oxygen atoms in total. The monoisotopic (exact) mass is 504 g/mol. The van der Waals surface area contributed by atoms with Crippen molar-refractivity contribution < 1.29 is 27.1 Å². The van der Waals surface area contributed by atoms with E-state index >= 15 is 4.39 Å². The standard InChI is InChI=1S/C26H28F4N4O2/c27-19-14-32-24-23(18-5-3-1-2-4-6-21(18)33-24)22(19)15-9-11-34(12-10-15)25(35)17-8-7-16(13-20(17)31)36-26(28,29)30/h7-8,13-15H,1-6,9-12,31H2,(H,32,33). The summed E-state index contributed by atoms with van der Waals surface area (Å²) in [7, 11) is 0. The Morgan fingerprint density at radius 3 is 2.53 bits per heavy atom. The van der Waals surface area contributed by atoms with Crippen LogP contribution in [0.2, 0.25) is 0 Å². The van der Waals surface area contributed by atoms with Gasteiger partial charge in [0, 0.05) is 41.5 Å². The summed E-state index contributed by atoms with van der Waals surface area (Å²) in [5, 5.41) is 0.904. The Labute approximate surface area is 205 Å². The number of nitrogen functional groups attached to an aromatic ring is 1. The lowest BCUT2D eigenvalue weighted by Crippen LogP contribution is -2.38. The maximum absolute atomic E-state index is 15.2. The number of aromatic nitrogens is 2. The third-order valence-electron chi connectivity index (χ3n) is 7.29. The van der Waals surface area contributed by atoms with E-state index in [1.54, 1.807) is 4.90 Å². The van der Waals surface area contributed by atoms with Crippen LogP contribution in [0.15, 0.2) is 24.4 Å². The molecule has 0 saturated carbocycles. The molecule has 1 fully saturated rings. The van der Waals surface area contributed by atoms with E-state index in [-0.39, 0.29) is 28.9 Å². The molecule has 2 aliphatic rings. The van der Waals surface area contributed by atoms with Gasteiger partial charge in [-0.15, -0.1) is 13.2 Å². The first kappa shape index (κ1) is 24.4. The minimum atomic E-state index is -4.84. The molecule has 0 radical (unpaired) electrons. The number of hydrogen-bond acceptors (Lipinski definition) is 4. The molecular weight excluding hydrogens is 476 g/mol. The average Bonchev–Trinajstić information content (AvgIpc) is 3.14. The predicted octanol–water partition coefficient (Wildman–Crippen LogP) is 5.86. The van der Waals surface area contributed by atoms with E-state index in [2.05, 4.69) is 14.7 Å². The maximum Gasteiger partial charge on any atom is 0.573 e. The minimum Gasteiger partial charge on any atom is -0.406 e. The number of nitrogens with one attached hydrogen (secondary N) is 1. The molecule has 3 N–H and O–H groups in total. The van der Waals surface area contributed by atoms with Crippen molar-refractivity contribution in [3.63, 3.8) is 0 Å². The summed E-state index contributed by atoms with van der Waals surface area (Å²) in [4.78, 5) is 22.4. The summed E-state index contributed by atoms with van der Waals surface area (Å²) in [6.45, 7) is 0.777. The number of aryl methyl sites for hydroxylation is 2. The molecule has 0 spiro atoms. The van der Waals surface area contributed by atoms with Crippen molar-refractivity contribution in [2.24, 2.45) is 0 Å². The Bertz CT molecular complexity index is 1280. The van der Waals surface area contributed by atoms with Gasteiger partial charge in [-0.2, -0.15) is 0 Å². The largest absolute Gasteiger partial charge is 0.573 e. The molecule has 2 aromatic heterocycles. The number of piperidine rings is 1. The van der Waals surface area contributed by atoms with E-state index in [4.69, 9.17) is 5.73 Å². The van der Waals surface area contributed by atoms with Crippen molar-refractivity contribution in [1.29, 1.82) is 0 Å². The molecule has 0 unspecified atom stereocenters. The number of likely N-dealkylation sites (tertiary alicyclic amines) is 1. The highest BCUT2D eigenvalue weighted by molar-refractivity contribution is 5.99. The molecule has 0 bridgehead atoms. The highest BCUT2D eigenvalue weighted by Gasteiger charge is 2.33. The zero-order valence-electron chi connectivity index (χ0n) is 19.8. The van der Waals surface area contributed by atoms with Gasteiger partial charge in [0.25, 0.3) is 5.91 Å². The highest BCUT2D eigenvalue weighted by Crippen LogP contribution is 2.39. The molecule has 1 aliphatic heterocycles. The number of fused-ring (bicyclic) bond motifs is 3. The van der Waals surface area contributed by atoms with Gasteiger partial charge in [0.1, 0.15) is 17.2 Å². The number of hydrogen-bond donors (Lipinski definition) is 2. The number of halogens is 4. The summed E-state index contributed by atoms with van der Waals surface area (Å²) in [5.41, 5.74) is 9.65. The number of alkyl halides is 3. The fourth-order valence-corrected chi connectivity index (χ4v) is 5.59. The zero-order valence-corrected chi connectivity index (χ0v) is 19.8. The molecule has 1 amide bonds. The number of H-pyrrole nitrogens is 1. The summed E-state index contributed by atoms with van der Waals surface area (Å²) in [5.74, 6) is -1.23. The quantitative estimate of drug-likeness (QED) is 0.346. The molecule has 192 valence electrons. The maximum atomic E-state index is 15.2. The van der Waals surface area contributed by atoms with E-state index in [1.807, 2.05) is 0 Å². The van der Waals surface area contributed by atoms with Gasteiger partial charge < -0.3 is 20.4 Å². The number of rotatable bonds is 3. The van der Waals surface area contributed by atoms with Gasteiger partial charge in [0.05, 0.1) is 11.8 Å². The molecule has 1 aliphatic carbocycles. The number of nitrogens with two attached hydrogens (primary N) is 1. The number of nitrogens with zero attached hydrogens (tertiary/aromatic N) is 2. The van der Waals surface area contributed by atoms with Gasteiger partial charge in [0.15, 0.2) is 0 Å². The Hall–Kier alpha value is -3.30. The van der Waals surface area contributed by atoms with Crippen LogP contribution in [-0.2, 0) is 12.8 Å². The predicted molar refractivity (Wildman–Crippen MR) is 127 cm³/mol. The second-order valence-corrected chi connectivity index (χ2v) is 9.60. The second-order valence-electron chi connectivity index (χ2n) is 9.60. The lowest BCUT2D eigenvalue weighted by Gasteiger charge is -2.33. The van der Waals surface area contributed by atoms with Crippen molar-refractivity contribution in [1.82, 2.24) is 14.9 Å². The normalized spacial score (nSPS) is 17.5. The first-order chi connectivity index (χ1) is 17.2. The summed E-state index contributed by atoms with van der Waals surface area (Å²) in [6.07, 6.45) is 3.94. The van der Waals surface area contributed by atoms with Crippen molar-refractivity contribution in [2.45, 2.75) is 63.6 Å². The van der Waals surface area contributed by atoms with Crippen LogP contribution in [0.4, 0.5) is 23.2 Å². The third kappa shape index (κ3) is 4.85. The van der Waals surface area contributed by atoms with Crippen LogP contribution in [0.25, 0.3) is 11.0 Å². The lowest BCUT2D eigenvalue weighted by atomic mass is 9.85. The first-order valence-electron chi connectivity index (χ1n) is 12.3. The van der Waals surface area contributed by atoms with E-state index in [0.717, 1.165) is 61.0 Å². The van der Waals surface area contributed by atoms with Crippen molar-refractivity contribution in [3.8, 4) is 5.75 Å². The SMILES string of the molecule is Nc1cc(OC(F)(F)F)ccc1C(=O)N1CCC(c2c(F)cnc3[nH]c4c(c23)CCCCCC4)CC1. The van der Waals surface area contributed by atoms with E-state index < -0.39 is 12.1 Å². The first-order valence-corrected chi connectivity index (χ1v) is 12.3. The molecule has 1 saturated heterocycles. The van der Waals surface area contributed by atoms with E-state index in [9.17, 15) is 18.0 Å². The second kappa shape index (κ2) is 9.63. The average molecular weight is 505 g/mol. The highest BCUT2D eigenvalue weighted by atomic mass is 19.4. The Kier molecular flexibility index (Phi) is 6.53. The van der Waals surface area contributed by atoms with Crippen LogP contribution < -0.4 is 10.5 Å². The molecular formula is C26H28F4N4O2. The number of carbonyl (C=O) groups excluding carboxylic acids is 1. The smallest absolute Gasteiger partial charge is 0.406 e. The molecule has 10 heteroatoms. The van der Waals surface area contributed by atoms with Gasteiger partial charge in [0.2, 0.25) is 0 Å². The molecule has 0 atom stereocenters. The van der Waals surface area contributed by atoms with Gasteiger partial charge in [-0.05, 0) is 62.1 Å². The number of pyridine rings is 1. The van der Waals surface area contributed by atoms with Crippen LogP contribution in [-0.4, -0.2) is 40.2 Å². The van der Waals surface area contributed by atoms with Crippen LogP contribution in [0.1, 0.15) is 71.6 Å². The van der Waals surface area contributed by atoms with E-state index in [1.165, 1.54) is 24.2 Å². The van der Waals surface area contributed by atoms with Gasteiger partial charge in [-0.3, -0.25) is 4.79 Å². The molecule has 3 aromatic rings. The Morgan fingerprint density at radius 2 is 1.83 bits per heavy atom. The lowest BCUT2D eigenvalue weighted by molar-refractivity contribution is -0.274. The third-order valence-corrected chi connectivity index (χ3v) is 7.29. The molecule has 3 heterocycles. The summed E-state index contributed by atoms with van der Waals surface area (Å²) >= 11 is 0. The number of ether oxygens (including phenoxy) is 1. The number of anilines is 1. The molecule has 1 aromatic carbocycles. The number of amides is 1. The summed E-state index contributed by atoms with van der Waals surface area (Å²) < 4.78 is 56.5. The van der Waals surface area contributed by atoms with E-state index in [0.29, 0.717) is 31.5 Å². The number of aromatic amines is 1. The number of benzene rings is 1. The van der Waals surface area contributed by atoms with Crippen molar-refractivity contribution in [3.05, 3.63) is 52.6 Å². The van der Waals surface area contributed by atoms with Crippen LogP contribution in [0.5, 0.6) is 5.75 Å². The van der Waals surface area contributed by atoms with Crippen molar-refractivity contribution >= 4 is 22.6 Å². The fraction of sp³-hybridized carbons (Fsp3) is 0.462. The molecule has 36 heavy (non-hydrogen) atoms. The van der Waals surface area contributed by atoms with Crippen molar-refractivity contribution in [2.75, 3.05) is 18.8 Å². The van der Waals surface area contributed by atoms with Gasteiger partial charge >= 0.3 is 6.36 Å². The topological polar surface area (TPSA) is 84.2 Å². The summed E-state index contributed by atoms with van der Waals surface area (Å²) in [6, 6.07) is 3.32. The van der Waals surface area contributed by atoms with Crippen LogP contribution >= 0.6 is 0 Å². The minimum absolute atomic E-state index is 0.0650. The van der Waals surface area contributed by atoms with Crippen LogP contribution in [0.3, 0.4) is 0 Å². The molecule has 5 rings (SSSR count). The van der Waals surface area contributed by atoms with Gasteiger partial charge in [-0.25, -0.2) is 9.37 Å². The van der Waals surface area contributed by atoms with Crippen LogP contribution in [0, 0.1) is 5.82 Å². The zero-order chi connectivity index (χ0) is 25.4. The van der Waals surface area contributed by atoms with Gasteiger partial charge in [-0.1, -0.05) is 12.8 Å².